The van der Waals surface area contributed by atoms with Crippen LogP contribution in [0.25, 0.3) is 21.7 Å². The van der Waals surface area contributed by atoms with Crippen molar-refractivity contribution in [3.8, 4) is 0 Å². The van der Waals surface area contributed by atoms with Crippen LogP contribution in [-0.2, 0) is 22.0 Å². The maximum absolute atomic E-state index is 12.1. The molecule has 3 rings (SSSR count). The molecule has 1 amide bonds. The molecule has 0 aliphatic rings. The van der Waals surface area contributed by atoms with Crippen molar-refractivity contribution in [2.45, 2.75) is 25.0 Å². The summed E-state index contributed by atoms with van der Waals surface area (Å²) in [4.78, 5) is 12.1. The van der Waals surface area contributed by atoms with Crippen molar-refractivity contribution in [3.05, 3.63) is 48.2 Å². The van der Waals surface area contributed by atoms with Crippen molar-refractivity contribution in [2.75, 3.05) is 12.8 Å². The van der Waals surface area contributed by atoms with E-state index in [1.165, 1.54) is 0 Å². The van der Waals surface area contributed by atoms with Crippen molar-refractivity contribution in [2.24, 2.45) is 0 Å². The fourth-order valence-corrected chi connectivity index (χ4v) is 3.18. The van der Waals surface area contributed by atoms with Crippen molar-refractivity contribution >= 4 is 38.4 Å². The van der Waals surface area contributed by atoms with Gasteiger partial charge in [0.25, 0.3) is 0 Å². The van der Waals surface area contributed by atoms with Crippen LogP contribution in [0.1, 0.15) is 19.1 Å². The first kappa shape index (κ1) is 16.7. The third kappa shape index (κ3) is 3.67. The zero-order valence-corrected chi connectivity index (χ0v) is 14.7. The van der Waals surface area contributed by atoms with Crippen LogP contribution in [0.5, 0.6) is 0 Å². The molecular formula is C19H21NO3S. The van der Waals surface area contributed by atoms with Gasteiger partial charge in [0.1, 0.15) is 11.3 Å². The van der Waals surface area contributed by atoms with Gasteiger partial charge in [0.05, 0.1) is 6.42 Å². The number of hydrogen-bond donors (Lipinski definition) is 1. The van der Waals surface area contributed by atoms with Crippen LogP contribution in [0.3, 0.4) is 0 Å². The van der Waals surface area contributed by atoms with Gasteiger partial charge in [-0.15, -0.1) is 0 Å². The van der Waals surface area contributed by atoms with Crippen LogP contribution in [0.2, 0.25) is 0 Å². The zero-order valence-electron chi connectivity index (χ0n) is 13.9. The first-order chi connectivity index (χ1) is 11.5. The van der Waals surface area contributed by atoms with Gasteiger partial charge in [0.15, 0.2) is 0 Å². The molecule has 1 aromatic heterocycles. The zero-order chi connectivity index (χ0) is 17.1. The van der Waals surface area contributed by atoms with Gasteiger partial charge in [-0.1, -0.05) is 37.3 Å². The molecule has 2 aromatic carbocycles. The predicted octanol–water partition coefficient (Wildman–Crippen LogP) is 3.40. The lowest BCUT2D eigenvalue weighted by Crippen LogP contribution is -2.28. The summed E-state index contributed by atoms with van der Waals surface area (Å²) in [6.07, 6.45) is 2.61. The molecule has 2 atom stereocenters. The molecule has 0 aliphatic heterocycles. The Morgan fingerprint density at radius 3 is 2.79 bits per heavy atom. The van der Waals surface area contributed by atoms with Crippen LogP contribution in [0.4, 0.5) is 0 Å². The topological polar surface area (TPSA) is 59.3 Å². The van der Waals surface area contributed by atoms with Gasteiger partial charge >= 0.3 is 0 Å². The van der Waals surface area contributed by atoms with Gasteiger partial charge in [-0.05, 0) is 29.3 Å². The first-order valence-corrected chi connectivity index (χ1v) is 9.66. The first-order valence-electron chi connectivity index (χ1n) is 8.03. The lowest BCUT2D eigenvalue weighted by molar-refractivity contribution is -0.120. The molecule has 1 heterocycles. The Morgan fingerprint density at radius 1 is 1.21 bits per heavy atom. The fraction of sp³-hybridized carbons (Fsp3) is 0.316. The summed E-state index contributed by atoms with van der Waals surface area (Å²) in [6.45, 7) is 2.45. The molecule has 5 heteroatoms. The van der Waals surface area contributed by atoms with Gasteiger partial charge in [-0.3, -0.25) is 9.00 Å². The van der Waals surface area contributed by atoms with E-state index in [2.05, 4.69) is 17.4 Å². The molecule has 1 N–H and O–H groups in total. The van der Waals surface area contributed by atoms with Gasteiger partial charge < -0.3 is 9.73 Å². The number of carbonyl (C=O) groups is 1. The molecule has 0 bridgehead atoms. The van der Waals surface area contributed by atoms with Crippen LogP contribution >= 0.6 is 0 Å². The minimum atomic E-state index is -0.857. The van der Waals surface area contributed by atoms with E-state index in [-0.39, 0.29) is 17.6 Å². The Labute approximate surface area is 143 Å². The van der Waals surface area contributed by atoms with E-state index in [4.69, 9.17) is 4.42 Å². The van der Waals surface area contributed by atoms with E-state index < -0.39 is 10.8 Å². The highest BCUT2D eigenvalue weighted by atomic mass is 32.2. The van der Waals surface area contributed by atoms with E-state index in [0.717, 1.165) is 21.7 Å². The number of furan rings is 1. The quantitative estimate of drug-likeness (QED) is 0.746. The van der Waals surface area contributed by atoms with Crippen LogP contribution in [0, 0.1) is 0 Å². The predicted molar refractivity (Wildman–Crippen MR) is 98.6 cm³/mol. The van der Waals surface area contributed by atoms with Gasteiger partial charge in [-0.25, -0.2) is 0 Å². The molecule has 126 valence electrons. The largest absolute Gasteiger partial charge is 0.461 e. The summed E-state index contributed by atoms with van der Waals surface area (Å²) in [7, 11) is -0.857. The Bertz CT molecular complexity index is 900. The number of benzene rings is 2. The minimum Gasteiger partial charge on any atom is -0.461 e. The second kappa shape index (κ2) is 7.18. The van der Waals surface area contributed by atoms with E-state index in [9.17, 15) is 9.00 Å². The summed E-state index contributed by atoms with van der Waals surface area (Å²) >= 11 is 0. The Hall–Kier alpha value is -2.14. The van der Waals surface area contributed by atoms with Crippen LogP contribution < -0.4 is 5.32 Å². The van der Waals surface area contributed by atoms with Gasteiger partial charge in [-0.2, -0.15) is 0 Å². The molecule has 0 saturated carbocycles. The molecule has 0 aliphatic carbocycles. The highest BCUT2D eigenvalue weighted by Gasteiger charge is 2.12. The molecule has 0 unspecified atom stereocenters. The lowest BCUT2D eigenvalue weighted by atomic mass is 10.1. The van der Waals surface area contributed by atoms with E-state index in [0.29, 0.717) is 18.7 Å². The van der Waals surface area contributed by atoms with Crippen LogP contribution in [-0.4, -0.2) is 28.2 Å². The Morgan fingerprint density at radius 2 is 2.00 bits per heavy atom. The molecular weight excluding hydrogens is 322 g/mol. The molecule has 4 nitrogen and oxygen atoms in total. The van der Waals surface area contributed by atoms with Crippen molar-refractivity contribution in [3.63, 3.8) is 0 Å². The monoisotopic (exact) mass is 343 g/mol. The average molecular weight is 343 g/mol. The standard InChI is InChI=1S/C19H21NO3S/c1-13(24(2)22)9-10-20-19(21)12-15-11-17-16-6-4-3-5-14(16)7-8-18(17)23-15/h3-8,11,13H,9-10,12H2,1-2H3,(H,20,21)/t13-,24+/m0/s1. The third-order valence-electron chi connectivity index (χ3n) is 4.25. The van der Waals surface area contributed by atoms with E-state index in [1.54, 1.807) is 6.26 Å². The molecule has 0 saturated heterocycles. The van der Waals surface area contributed by atoms with Crippen molar-refractivity contribution in [1.29, 1.82) is 0 Å². The minimum absolute atomic E-state index is 0.0764. The summed E-state index contributed by atoms with van der Waals surface area (Å²) in [6, 6.07) is 14.0. The fourth-order valence-electron chi connectivity index (χ4n) is 2.73. The van der Waals surface area contributed by atoms with Crippen LogP contribution in [0.15, 0.2) is 46.9 Å². The summed E-state index contributed by atoms with van der Waals surface area (Å²) in [5.74, 6) is 0.582. The number of carbonyl (C=O) groups excluding carboxylic acids is 1. The van der Waals surface area contributed by atoms with Crippen molar-refractivity contribution < 1.29 is 13.4 Å². The molecule has 0 radical (unpaired) electrons. The average Bonchev–Trinajstić information content (AvgIpc) is 2.97. The second-order valence-electron chi connectivity index (χ2n) is 6.04. The van der Waals surface area contributed by atoms with Gasteiger partial charge in [0, 0.05) is 34.2 Å². The number of fused-ring (bicyclic) bond motifs is 3. The number of rotatable bonds is 6. The van der Waals surface area contributed by atoms with Crippen molar-refractivity contribution in [1.82, 2.24) is 5.32 Å². The third-order valence-corrected chi connectivity index (χ3v) is 5.62. The Balaban J connectivity index is 1.68. The summed E-state index contributed by atoms with van der Waals surface area (Å²) < 4.78 is 17.1. The second-order valence-corrected chi connectivity index (χ2v) is 7.84. The normalized spacial score (nSPS) is 13.9. The number of amides is 1. The van der Waals surface area contributed by atoms with Gasteiger partial charge in [0.2, 0.25) is 5.91 Å². The highest BCUT2D eigenvalue weighted by molar-refractivity contribution is 7.84. The highest BCUT2D eigenvalue weighted by Crippen LogP contribution is 2.28. The number of nitrogens with one attached hydrogen (secondary N) is 1. The maximum atomic E-state index is 12.1. The number of hydrogen-bond acceptors (Lipinski definition) is 3. The Kier molecular flexibility index (Phi) is 5.00. The smallest absolute Gasteiger partial charge is 0.227 e. The molecule has 24 heavy (non-hydrogen) atoms. The SMILES string of the molecule is C[C@@H](CCNC(=O)Cc1cc2c(ccc3ccccc32)o1)[S@@](C)=O. The van der Waals surface area contributed by atoms with E-state index >= 15 is 0 Å². The molecule has 0 fully saturated rings. The molecule has 0 spiro atoms. The lowest BCUT2D eigenvalue weighted by Gasteiger charge is -2.08. The summed E-state index contributed by atoms with van der Waals surface area (Å²) in [5, 5.41) is 6.27. The maximum Gasteiger partial charge on any atom is 0.227 e. The molecule has 3 aromatic rings. The summed E-state index contributed by atoms with van der Waals surface area (Å²) in [5.41, 5.74) is 0.798. The van der Waals surface area contributed by atoms with E-state index in [1.807, 2.05) is 37.3 Å².